The Balaban J connectivity index is 1.72. The van der Waals surface area contributed by atoms with Crippen molar-refractivity contribution in [2.75, 3.05) is 0 Å². The Morgan fingerprint density at radius 3 is 2.16 bits per heavy atom. The minimum Gasteiger partial charge on any atom is -0.380 e. The van der Waals surface area contributed by atoms with E-state index in [9.17, 15) is 22.5 Å². The van der Waals surface area contributed by atoms with Crippen molar-refractivity contribution < 1.29 is 22.5 Å². The normalized spacial score (nSPS) is 37.9. The molecule has 0 aromatic heterocycles. The van der Waals surface area contributed by atoms with Gasteiger partial charge in [0.2, 0.25) is 0 Å². The molecule has 7 heteroatoms. The summed E-state index contributed by atoms with van der Waals surface area (Å²) in [7, 11) is -1.37. The summed E-state index contributed by atoms with van der Waals surface area (Å²) in [5.74, 6) is 0. The molecule has 2 heterocycles. The number of fused-ring (bicyclic) bond motifs is 2. The van der Waals surface area contributed by atoms with Crippen LogP contribution in [0.15, 0.2) is 23.8 Å². The van der Waals surface area contributed by atoms with E-state index in [1.54, 1.807) is 4.31 Å². The molecule has 25 heavy (non-hydrogen) atoms. The second kappa shape index (κ2) is 6.20. The number of allylic oxidation sites excluding steroid dienone is 3. The van der Waals surface area contributed by atoms with Crippen LogP contribution in [0, 0.1) is 5.41 Å². The van der Waals surface area contributed by atoms with Crippen LogP contribution in [0.3, 0.4) is 0 Å². The first-order chi connectivity index (χ1) is 11.4. The van der Waals surface area contributed by atoms with Gasteiger partial charge in [0.1, 0.15) is 11.0 Å². The monoisotopic (exact) mass is 377 g/mol. The van der Waals surface area contributed by atoms with Gasteiger partial charge in [-0.25, -0.2) is 8.51 Å². The van der Waals surface area contributed by atoms with Crippen LogP contribution in [0.4, 0.5) is 13.2 Å². The molecule has 0 radical (unpaired) electrons. The lowest BCUT2D eigenvalue weighted by Crippen LogP contribution is -2.58. The summed E-state index contributed by atoms with van der Waals surface area (Å²) in [6, 6.07) is -0.930. The van der Waals surface area contributed by atoms with Gasteiger partial charge in [0.25, 0.3) is 0 Å². The molecule has 1 N–H and O–H groups in total. The molecule has 3 nitrogen and oxygen atoms in total. The molecule has 2 bridgehead atoms. The highest BCUT2D eigenvalue weighted by Gasteiger charge is 2.61. The summed E-state index contributed by atoms with van der Waals surface area (Å²) in [5.41, 5.74) is -1.42. The largest absolute Gasteiger partial charge is 0.417 e. The molecule has 0 spiro atoms. The van der Waals surface area contributed by atoms with E-state index in [2.05, 4.69) is 26.8 Å². The van der Waals surface area contributed by atoms with E-state index < -0.39 is 34.8 Å². The van der Waals surface area contributed by atoms with Crippen molar-refractivity contribution in [3.63, 3.8) is 0 Å². The predicted octanol–water partition coefficient (Wildman–Crippen LogP) is 3.87. The fourth-order valence-corrected chi connectivity index (χ4v) is 5.91. The minimum atomic E-state index is -4.63. The van der Waals surface area contributed by atoms with Crippen molar-refractivity contribution in [1.29, 1.82) is 0 Å². The van der Waals surface area contributed by atoms with E-state index in [1.807, 2.05) is 12.2 Å². The second-order valence-electron chi connectivity index (χ2n) is 8.50. The number of halogens is 3. The molecule has 0 aromatic rings. The van der Waals surface area contributed by atoms with Gasteiger partial charge in [0.15, 0.2) is 5.60 Å². The Kier molecular flexibility index (Phi) is 4.74. The Labute approximate surface area is 149 Å². The van der Waals surface area contributed by atoms with Crippen LogP contribution >= 0.6 is 0 Å². The van der Waals surface area contributed by atoms with Gasteiger partial charge in [-0.15, -0.1) is 0 Å². The lowest BCUT2D eigenvalue weighted by Gasteiger charge is -2.44. The number of aliphatic hydroxyl groups is 1. The van der Waals surface area contributed by atoms with Gasteiger partial charge in [-0.3, -0.25) is 0 Å². The van der Waals surface area contributed by atoms with Crippen molar-refractivity contribution in [2.24, 2.45) is 5.41 Å². The maximum absolute atomic E-state index is 13.2. The number of piperidine rings is 1. The van der Waals surface area contributed by atoms with E-state index in [-0.39, 0.29) is 23.5 Å². The van der Waals surface area contributed by atoms with Crippen LogP contribution in [0.2, 0.25) is 0 Å². The standard InChI is InChI=1S/C18H26F3NO2S/c1-16(2,3)12-4-8-15(9-5-12)25(24)22-13-6-7-14(22)11-17(23,10-13)18(19,20)21/h4-5,8,13-15,23H,6-7,9-11H2,1-3H3. The average Bonchev–Trinajstić information content (AvgIpc) is 2.77. The van der Waals surface area contributed by atoms with Gasteiger partial charge < -0.3 is 5.11 Å². The molecule has 4 atom stereocenters. The molecule has 3 aliphatic rings. The van der Waals surface area contributed by atoms with Crippen LogP contribution in [-0.4, -0.2) is 42.7 Å². The number of hydrogen-bond acceptors (Lipinski definition) is 2. The van der Waals surface area contributed by atoms with Crippen molar-refractivity contribution in [3.8, 4) is 0 Å². The number of alkyl halides is 3. The van der Waals surface area contributed by atoms with Gasteiger partial charge in [-0.2, -0.15) is 13.2 Å². The summed E-state index contributed by atoms with van der Waals surface area (Å²) >= 11 is 0. The molecular formula is C18H26F3NO2S. The molecule has 3 rings (SSSR count). The van der Waals surface area contributed by atoms with Gasteiger partial charge in [-0.1, -0.05) is 39.0 Å². The lowest BCUT2D eigenvalue weighted by atomic mass is 9.84. The molecule has 0 amide bonds. The zero-order valence-electron chi connectivity index (χ0n) is 14.8. The van der Waals surface area contributed by atoms with Crippen molar-refractivity contribution in [2.45, 2.75) is 82.0 Å². The van der Waals surface area contributed by atoms with E-state index in [0.29, 0.717) is 19.3 Å². The summed E-state index contributed by atoms with van der Waals surface area (Å²) in [5, 5.41) is 9.85. The Hall–Kier alpha value is -0.660. The van der Waals surface area contributed by atoms with E-state index >= 15 is 0 Å². The first-order valence-corrected chi connectivity index (χ1v) is 9.96. The highest BCUT2D eigenvalue weighted by Crippen LogP contribution is 2.49. The zero-order chi connectivity index (χ0) is 18.6. The summed E-state index contributed by atoms with van der Waals surface area (Å²) in [6.45, 7) is 6.34. The fraction of sp³-hybridized carbons (Fsp3) is 0.778. The van der Waals surface area contributed by atoms with Gasteiger partial charge in [0, 0.05) is 24.9 Å². The Bertz CT molecular complexity index is 607. The van der Waals surface area contributed by atoms with Crippen molar-refractivity contribution >= 4 is 11.0 Å². The lowest BCUT2D eigenvalue weighted by molar-refractivity contribution is -0.275. The summed E-state index contributed by atoms with van der Waals surface area (Å²) in [6.07, 6.45) is 2.38. The molecule has 2 fully saturated rings. The third-order valence-electron chi connectivity index (χ3n) is 5.62. The fourth-order valence-electron chi connectivity index (χ4n) is 4.17. The molecule has 142 valence electrons. The quantitative estimate of drug-likeness (QED) is 0.794. The smallest absolute Gasteiger partial charge is 0.380 e. The predicted molar refractivity (Wildman–Crippen MR) is 92.1 cm³/mol. The molecule has 0 saturated carbocycles. The third-order valence-corrected chi connectivity index (χ3v) is 7.50. The first kappa shape index (κ1) is 19.1. The highest BCUT2D eigenvalue weighted by atomic mass is 32.2. The number of rotatable bonds is 2. The first-order valence-electron chi connectivity index (χ1n) is 8.79. The third kappa shape index (κ3) is 3.47. The van der Waals surface area contributed by atoms with Crippen LogP contribution in [0.1, 0.15) is 52.9 Å². The molecule has 2 aliphatic heterocycles. The Morgan fingerprint density at radius 1 is 1.20 bits per heavy atom. The maximum Gasteiger partial charge on any atom is 0.417 e. The van der Waals surface area contributed by atoms with Crippen molar-refractivity contribution in [1.82, 2.24) is 4.31 Å². The molecule has 4 unspecified atom stereocenters. The second-order valence-corrected chi connectivity index (χ2v) is 10.1. The van der Waals surface area contributed by atoms with Gasteiger partial charge in [0.05, 0.1) is 5.25 Å². The van der Waals surface area contributed by atoms with Gasteiger partial charge >= 0.3 is 6.18 Å². The zero-order valence-corrected chi connectivity index (χ0v) is 15.7. The highest BCUT2D eigenvalue weighted by molar-refractivity contribution is 7.83. The average molecular weight is 377 g/mol. The number of nitrogens with zero attached hydrogens (tertiary/aromatic N) is 1. The SMILES string of the molecule is CC(C)(C)C1=CCC(S(=O)N2C3CCC2CC(O)(C(F)(F)F)C3)C=C1. The van der Waals surface area contributed by atoms with E-state index in [0.717, 1.165) is 0 Å². The van der Waals surface area contributed by atoms with Crippen LogP contribution < -0.4 is 0 Å². The van der Waals surface area contributed by atoms with E-state index in [4.69, 9.17) is 0 Å². The van der Waals surface area contributed by atoms with E-state index in [1.165, 1.54) is 5.57 Å². The molecule has 0 aromatic carbocycles. The number of hydrogen-bond donors (Lipinski definition) is 1. The van der Waals surface area contributed by atoms with Crippen LogP contribution in [0.25, 0.3) is 0 Å². The maximum atomic E-state index is 13.2. The van der Waals surface area contributed by atoms with Crippen LogP contribution in [-0.2, 0) is 11.0 Å². The summed E-state index contributed by atoms with van der Waals surface area (Å²) < 4.78 is 54.3. The van der Waals surface area contributed by atoms with Crippen LogP contribution in [0.5, 0.6) is 0 Å². The van der Waals surface area contributed by atoms with Crippen molar-refractivity contribution in [3.05, 3.63) is 23.8 Å². The molecule has 1 aliphatic carbocycles. The Morgan fingerprint density at radius 2 is 1.76 bits per heavy atom. The molecular weight excluding hydrogens is 351 g/mol. The molecule has 2 saturated heterocycles. The topological polar surface area (TPSA) is 40.5 Å². The van der Waals surface area contributed by atoms with Gasteiger partial charge in [-0.05, 0) is 30.3 Å². The minimum absolute atomic E-state index is 0.0241. The summed E-state index contributed by atoms with van der Waals surface area (Å²) in [4.78, 5) is 0.